The molecule has 0 aromatic heterocycles. The lowest BCUT2D eigenvalue weighted by atomic mass is 10.0. The monoisotopic (exact) mass is 624 g/mol. The van der Waals surface area contributed by atoms with E-state index in [2.05, 4.69) is 38.1 Å². The average Bonchev–Trinajstić information content (AvgIpc) is 2.99. The van der Waals surface area contributed by atoms with Crippen LogP contribution in [0.5, 0.6) is 11.5 Å². The van der Waals surface area contributed by atoms with Crippen molar-refractivity contribution in [2.45, 2.75) is 117 Å². The minimum Gasteiger partial charge on any atom is -0.492 e. The Balaban J connectivity index is 0.000000709. The predicted octanol–water partition coefficient (Wildman–Crippen LogP) is 7.98. The Bertz CT molecular complexity index is 896. The highest BCUT2D eigenvalue weighted by Gasteiger charge is 1.98. The highest BCUT2D eigenvalue weighted by molar-refractivity contribution is 7.79. The second kappa shape index (κ2) is 28.6. The molecule has 9 heteroatoms. The molecule has 2 aromatic rings. The summed E-state index contributed by atoms with van der Waals surface area (Å²) in [5.41, 5.74) is 13.6. The summed E-state index contributed by atoms with van der Waals surface area (Å²) in [7, 11) is -4.67. The lowest BCUT2D eigenvalue weighted by Gasteiger charge is -2.06. The van der Waals surface area contributed by atoms with Crippen LogP contribution in [0.3, 0.4) is 0 Å². The normalized spacial score (nSPS) is 10.7. The third-order valence-electron chi connectivity index (χ3n) is 6.76. The van der Waals surface area contributed by atoms with Crippen molar-refractivity contribution in [2.24, 2.45) is 11.5 Å². The van der Waals surface area contributed by atoms with Crippen molar-refractivity contribution in [3.05, 3.63) is 59.7 Å². The molecule has 248 valence electrons. The first-order valence-corrected chi connectivity index (χ1v) is 17.7. The molecule has 0 amide bonds. The number of hydrogen-bond donors (Lipinski definition) is 4. The Morgan fingerprint density at radius 2 is 0.814 bits per heavy atom. The second-order valence-electron chi connectivity index (χ2n) is 10.8. The van der Waals surface area contributed by atoms with E-state index in [1.165, 1.54) is 114 Å². The number of hydrogen-bond acceptors (Lipinski definition) is 6. The van der Waals surface area contributed by atoms with E-state index in [1.807, 2.05) is 24.3 Å². The van der Waals surface area contributed by atoms with E-state index >= 15 is 0 Å². The fourth-order valence-electron chi connectivity index (χ4n) is 4.43. The van der Waals surface area contributed by atoms with Crippen LogP contribution in [0.1, 0.15) is 115 Å². The lowest BCUT2D eigenvalue weighted by Crippen LogP contribution is -2.10. The highest BCUT2D eigenvalue weighted by atomic mass is 32.3. The Morgan fingerprint density at radius 1 is 0.535 bits per heavy atom. The van der Waals surface area contributed by atoms with Gasteiger partial charge >= 0.3 is 10.4 Å². The first-order valence-electron chi connectivity index (χ1n) is 16.3. The Kier molecular flexibility index (Phi) is 27.1. The van der Waals surface area contributed by atoms with Gasteiger partial charge in [0.2, 0.25) is 0 Å². The molecule has 0 aliphatic carbocycles. The van der Waals surface area contributed by atoms with E-state index in [1.54, 1.807) is 0 Å². The number of unbranched alkanes of at least 4 members (excludes halogenated alkanes) is 12. The molecule has 0 spiro atoms. The molecule has 0 aliphatic heterocycles. The first kappa shape index (κ1) is 40.8. The van der Waals surface area contributed by atoms with E-state index in [4.69, 9.17) is 38.5 Å². The predicted molar refractivity (Wildman–Crippen MR) is 180 cm³/mol. The topological polar surface area (TPSA) is 145 Å². The molecule has 43 heavy (non-hydrogen) atoms. The molecule has 2 aromatic carbocycles. The number of rotatable bonds is 22. The van der Waals surface area contributed by atoms with Crippen LogP contribution in [0.15, 0.2) is 48.5 Å². The molecule has 0 radical (unpaired) electrons. The van der Waals surface area contributed by atoms with Crippen molar-refractivity contribution >= 4 is 10.4 Å². The van der Waals surface area contributed by atoms with Gasteiger partial charge in [-0.05, 0) is 61.1 Å². The zero-order chi connectivity index (χ0) is 32.0. The number of aryl methyl sites for hydroxylation is 2. The van der Waals surface area contributed by atoms with Crippen molar-refractivity contribution in [1.82, 2.24) is 0 Å². The SMILES string of the molecule is CCCCCCCCCc1ccc(OCCN)cc1.CCCCCCCCCc1ccc(OCCN)cc1.O=S(=O)(O)O. The summed E-state index contributed by atoms with van der Waals surface area (Å²) in [5, 5.41) is 0. The van der Waals surface area contributed by atoms with Crippen molar-refractivity contribution in [1.29, 1.82) is 0 Å². The van der Waals surface area contributed by atoms with Crippen LogP contribution >= 0.6 is 0 Å². The molecule has 8 nitrogen and oxygen atoms in total. The van der Waals surface area contributed by atoms with Crippen LogP contribution in [0.4, 0.5) is 0 Å². The maximum atomic E-state index is 8.74. The van der Waals surface area contributed by atoms with Gasteiger partial charge in [-0.3, -0.25) is 9.11 Å². The van der Waals surface area contributed by atoms with E-state index in [0.717, 1.165) is 11.5 Å². The van der Waals surface area contributed by atoms with Crippen molar-refractivity contribution in [3.8, 4) is 11.5 Å². The average molecular weight is 625 g/mol. The summed E-state index contributed by atoms with van der Waals surface area (Å²) < 4.78 is 42.5. The van der Waals surface area contributed by atoms with Gasteiger partial charge in [0.1, 0.15) is 24.7 Å². The number of ether oxygens (including phenoxy) is 2. The largest absolute Gasteiger partial charge is 0.492 e. The van der Waals surface area contributed by atoms with Crippen LogP contribution in [0.25, 0.3) is 0 Å². The van der Waals surface area contributed by atoms with Gasteiger partial charge < -0.3 is 20.9 Å². The fraction of sp³-hybridized carbons (Fsp3) is 0.647. The molecule has 0 saturated carbocycles. The molecule has 0 bridgehead atoms. The second-order valence-corrected chi connectivity index (χ2v) is 11.6. The van der Waals surface area contributed by atoms with Crippen LogP contribution in [-0.4, -0.2) is 43.8 Å². The van der Waals surface area contributed by atoms with Crippen LogP contribution < -0.4 is 20.9 Å². The van der Waals surface area contributed by atoms with Gasteiger partial charge in [-0.25, -0.2) is 0 Å². The maximum Gasteiger partial charge on any atom is 0.394 e. The summed E-state index contributed by atoms with van der Waals surface area (Å²) in [6, 6.07) is 16.9. The lowest BCUT2D eigenvalue weighted by molar-refractivity contribution is 0.328. The third kappa shape index (κ3) is 29.7. The molecular formula is C34H60N2O6S. The van der Waals surface area contributed by atoms with Gasteiger partial charge in [-0.1, -0.05) is 115 Å². The number of benzene rings is 2. The van der Waals surface area contributed by atoms with Gasteiger partial charge in [-0.15, -0.1) is 0 Å². The molecule has 0 unspecified atom stereocenters. The standard InChI is InChI=1S/2C17H29NO.H2O4S/c2*1-2-3-4-5-6-7-8-9-16-10-12-17(13-11-16)19-15-14-18;1-5(2,3)4/h2*10-13H,2-9,14-15,18H2,1H3;(H2,1,2,3,4). The Labute approximate surface area is 262 Å². The fourth-order valence-corrected chi connectivity index (χ4v) is 4.43. The molecule has 0 atom stereocenters. The molecule has 0 fully saturated rings. The van der Waals surface area contributed by atoms with Gasteiger partial charge in [0.25, 0.3) is 0 Å². The van der Waals surface area contributed by atoms with Crippen molar-refractivity contribution < 1.29 is 27.0 Å². The molecule has 2 rings (SSSR count). The third-order valence-corrected chi connectivity index (χ3v) is 6.76. The summed E-state index contributed by atoms with van der Waals surface area (Å²) >= 11 is 0. The Morgan fingerprint density at radius 3 is 1.09 bits per heavy atom. The van der Waals surface area contributed by atoms with Crippen LogP contribution in [0.2, 0.25) is 0 Å². The zero-order valence-electron chi connectivity index (χ0n) is 26.9. The minimum absolute atomic E-state index is 0.569. The summed E-state index contributed by atoms with van der Waals surface area (Å²) in [6.07, 6.45) is 21.5. The molecule has 0 aliphatic rings. The Hall–Kier alpha value is -2.17. The van der Waals surface area contributed by atoms with Gasteiger partial charge in [0, 0.05) is 13.1 Å². The van der Waals surface area contributed by atoms with Crippen molar-refractivity contribution in [2.75, 3.05) is 26.3 Å². The zero-order valence-corrected chi connectivity index (χ0v) is 27.7. The molecular weight excluding hydrogens is 564 g/mol. The summed E-state index contributed by atoms with van der Waals surface area (Å²) in [6.45, 7) is 6.86. The molecule has 0 saturated heterocycles. The first-order chi connectivity index (χ1) is 20.7. The van der Waals surface area contributed by atoms with E-state index in [-0.39, 0.29) is 0 Å². The quantitative estimate of drug-likeness (QED) is 0.0762. The van der Waals surface area contributed by atoms with Crippen LogP contribution in [-0.2, 0) is 23.2 Å². The maximum absolute atomic E-state index is 8.74. The van der Waals surface area contributed by atoms with Gasteiger partial charge in [-0.2, -0.15) is 8.42 Å². The van der Waals surface area contributed by atoms with E-state index < -0.39 is 10.4 Å². The summed E-state index contributed by atoms with van der Waals surface area (Å²) in [4.78, 5) is 0. The smallest absolute Gasteiger partial charge is 0.394 e. The summed E-state index contributed by atoms with van der Waals surface area (Å²) in [5.74, 6) is 1.85. The van der Waals surface area contributed by atoms with Gasteiger partial charge in [0.15, 0.2) is 0 Å². The highest BCUT2D eigenvalue weighted by Crippen LogP contribution is 2.16. The minimum atomic E-state index is -4.67. The van der Waals surface area contributed by atoms with Gasteiger partial charge in [0.05, 0.1) is 0 Å². The van der Waals surface area contributed by atoms with Crippen molar-refractivity contribution in [3.63, 3.8) is 0 Å². The van der Waals surface area contributed by atoms with Crippen LogP contribution in [0, 0.1) is 0 Å². The molecule has 6 N–H and O–H groups in total. The van der Waals surface area contributed by atoms with E-state index in [9.17, 15) is 0 Å². The van der Waals surface area contributed by atoms with E-state index in [0.29, 0.717) is 26.3 Å². The molecule has 0 heterocycles. The number of nitrogens with two attached hydrogens (primary N) is 2.